The van der Waals surface area contributed by atoms with Gasteiger partial charge in [0, 0.05) is 43.2 Å². The summed E-state index contributed by atoms with van der Waals surface area (Å²) in [6.07, 6.45) is 7.53. The number of benzene rings is 2. The van der Waals surface area contributed by atoms with Crippen LogP contribution in [-0.4, -0.2) is 37.9 Å². The van der Waals surface area contributed by atoms with Crippen LogP contribution in [0, 0.1) is 11.3 Å². The number of carbonyl (C=O) groups excluding carboxylic acids is 2. The summed E-state index contributed by atoms with van der Waals surface area (Å²) in [6, 6.07) is 25.8. The van der Waals surface area contributed by atoms with Crippen molar-refractivity contribution < 1.29 is 9.59 Å². The molecule has 5 rings (SSSR count). The smallest absolute Gasteiger partial charge is 0.256 e. The van der Waals surface area contributed by atoms with Crippen molar-refractivity contribution in [1.82, 2.24) is 14.9 Å². The molecule has 2 aromatic heterocycles. The number of ketones is 1. The fraction of sp³-hybridized carbons (Fsp3) is 0.161. The van der Waals surface area contributed by atoms with E-state index in [1.54, 1.807) is 54.0 Å². The van der Waals surface area contributed by atoms with Crippen molar-refractivity contribution in [3.05, 3.63) is 131 Å². The second-order valence-electron chi connectivity index (χ2n) is 9.29. The topological polar surface area (TPSA) is 99.3 Å². The summed E-state index contributed by atoms with van der Waals surface area (Å²) in [7, 11) is 0. The minimum Gasteiger partial charge on any atom is -0.294 e. The highest BCUT2D eigenvalue weighted by Crippen LogP contribution is 2.33. The Kier molecular flexibility index (Phi) is 7.14. The highest BCUT2D eigenvalue weighted by Gasteiger charge is 2.48. The Labute approximate surface area is 221 Å². The molecule has 0 N–H and O–H groups in total. The van der Waals surface area contributed by atoms with Gasteiger partial charge in [-0.15, -0.1) is 0 Å². The maximum atomic E-state index is 14.3. The molecule has 0 spiro atoms. The maximum Gasteiger partial charge on any atom is 0.256 e. The molecule has 0 fully saturated rings. The number of aliphatic imine (C=N–C) groups is 1. The van der Waals surface area contributed by atoms with Gasteiger partial charge in [0.1, 0.15) is 11.4 Å². The van der Waals surface area contributed by atoms with Crippen LogP contribution in [0.1, 0.15) is 39.0 Å². The van der Waals surface area contributed by atoms with E-state index in [0.717, 1.165) is 16.7 Å². The van der Waals surface area contributed by atoms with Crippen LogP contribution in [0.4, 0.5) is 0 Å². The van der Waals surface area contributed by atoms with Crippen LogP contribution >= 0.6 is 0 Å². The minimum atomic E-state index is -1.11. The van der Waals surface area contributed by atoms with Crippen LogP contribution in [0.5, 0.6) is 0 Å². The number of aromatic nitrogens is 2. The Morgan fingerprint density at radius 1 is 0.789 bits per heavy atom. The van der Waals surface area contributed by atoms with Gasteiger partial charge in [0.05, 0.1) is 24.6 Å². The van der Waals surface area contributed by atoms with Gasteiger partial charge < -0.3 is 0 Å². The predicted molar refractivity (Wildman–Crippen MR) is 143 cm³/mol. The Bertz CT molecular complexity index is 1450. The van der Waals surface area contributed by atoms with Crippen molar-refractivity contribution in [2.45, 2.75) is 31.3 Å². The highest BCUT2D eigenvalue weighted by atomic mass is 16.2. The van der Waals surface area contributed by atoms with Gasteiger partial charge in [-0.2, -0.15) is 5.26 Å². The van der Waals surface area contributed by atoms with Gasteiger partial charge in [0.2, 0.25) is 0 Å². The molecule has 7 nitrogen and oxygen atoms in total. The standard InChI is InChI=1S/C31H25N5O2/c32-21-25-6-8-27(9-7-25)28(37)18-29-35-31(19-23-10-14-33-15-11-23,20-24-12-16-34-17-13-24)30(38)36(29)22-26-4-2-1-3-5-26/h1-17H,18-20,22H2. The van der Waals surface area contributed by atoms with Crippen molar-refractivity contribution in [3.63, 3.8) is 0 Å². The minimum absolute atomic E-state index is 0.0289. The third-order valence-electron chi connectivity index (χ3n) is 6.63. The summed E-state index contributed by atoms with van der Waals surface area (Å²) in [5.74, 6) is 0.136. The Morgan fingerprint density at radius 3 is 1.92 bits per heavy atom. The Hall–Kier alpha value is -4.96. The lowest BCUT2D eigenvalue weighted by Crippen LogP contribution is -2.45. The van der Waals surface area contributed by atoms with E-state index in [-0.39, 0.29) is 18.1 Å². The van der Waals surface area contributed by atoms with Crippen LogP contribution < -0.4 is 0 Å². The number of hydrogen-bond donors (Lipinski definition) is 0. The van der Waals surface area contributed by atoms with Crippen molar-refractivity contribution in [2.24, 2.45) is 4.99 Å². The molecule has 0 aliphatic carbocycles. The number of amides is 1. The van der Waals surface area contributed by atoms with E-state index in [9.17, 15) is 9.59 Å². The van der Waals surface area contributed by atoms with Crippen molar-refractivity contribution in [1.29, 1.82) is 5.26 Å². The molecular weight excluding hydrogens is 474 g/mol. The number of rotatable bonds is 9. The quantitative estimate of drug-likeness (QED) is 0.314. The van der Waals surface area contributed by atoms with E-state index in [2.05, 4.69) is 16.0 Å². The number of Topliss-reactive ketones (excluding diaryl/α,β-unsaturated/α-hetero) is 1. The van der Waals surface area contributed by atoms with Crippen molar-refractivity contribution in [3.8, 4) is 6.07 Å². The molecule has 0 atom stereocenters. The molecule has 38 heavy (non-hydrogen) atoms. The van der Waals surface area contributed by atoms with Gasteiger partial charge in [0.15, 0.2) is 5.78 Å². The molecule has 0 unspecified atom stereocenters. The second kappa shape index (κ2) is 11.0. The summed E-state index contributed by atoms with van der Waals surface area (Å²) in [6.45, 7) is 0.313. The van der Waals surface area contributed by atoms with Crippen molar-refractivity contribution in [2.75, 3.05) is 0 Å². The van der Waals surface area contributed by atoms with E-state index in [0.29, 0.717) is 36.3 Å². The second-order valence-corrected chi connectivity index (χ2v) is 9.29. The van der Waals surface area contributed by atoms with Crippen LogP contribution in [0.2, 0.25) is 0 Å². The first-order valence-corrected chi connectivity index (χ1v) is 12.3. The van der Waals surface area contributed by atoms with E-state index < -0.39 is 5.54 Å². The van der Waals surface area contributed by atoms with Crippen LogP contribution in [0.25, 0.3) is 0 Å². The lowest BCUT2D eigenvalue weighted by molar-refractivity contribution is -0.131. The first-order valence-electron chi connectivity index (χ1n) is 12.3. The van der Waals surface area contributed by atoms with Crippen LogP contribution in [-0.2, 0) is 24.2 Å². The molecule has 0 saturated carbocycles. The molecule has 2 aromatic carbocycles. The van der Waals surface area contributed by atoms with E-state index in [1.807, 2.05) is 54.6 Å². The largest absolute Gasteiger partial charge is 0.294 e. The summed E-state index contributed by atoms with van der Waals surface area (Å²) in [5, 5.41) is 9.09. The number of nitrogens with zero attached hydrogens (tertiary/aromatic N) is 5. The maximum absolute atomic E-state index is 14.3. The average Bonchev–Trinajstić information content (AvgIpc) is 3.19. The monoisotopic (exact) mass is 499 g/mol. The predicted octanol–water partition coefficient (Wildman–Crippen LogP) is 4.59. The van der Waals surface area contributed by atoms with E-state index in [4.69, 9.17) is 10.3 Å². The van der Waals surface area contributed by atoms with Crippen LogP contribution in [0.3, 0.4) is 0 Å². The highest BCUT2D eigenvalue weighted by molar-refractivity contribution is 6.17. The number of nitriles is 1. The number of hydrogen-bond acceptors (Lipinski definition) is 6. The molecule has 0 saturated heterocycles. The molecule has 186 valence electrons. The SMILES string of the molecule is N#Cc1ccc(C(=O)CC2=NC(Cc3ccncc3)(Cc3ccncc3)C(=O)N2Cc2ccccc2)cc1. The fourth-order valence-corrected chi connectivity index (χ4v) is 4.73. The zero-order valence-electron chi connectivity index (χ0n) is 20.7. The van der Waals surface area contributed by atoms with Crippen LogP contribution in [0.15, 0.2) is 109 Å². The normalized spacial score (nSPS) is 14.1. The first kappa shape index (κ1) is 24.7. The third kappa shape index (κ3) is 5.40. The van der Waals surface area contributed by atoms with E-state index in [1.165, 1.54) is 0 Å². The zero-order chi connectivity index (χ0) is 26.4. The lowest BCUT2D eigenvalue weighted by atomic mass is 9.85. The van der Waals surface area contributed by atoms with Gasteiger partial charge in [-0.3, -0.25) is 29.4 Å². The number of pyridine rings is 2. The molecule has 3 heterocycles. The van der Waals surface area contributed by atoms with Gasteiger partial charge in [-0.25, -0.2) is 0 Å². The molecule has 1 amide bonds. The molecule has 4 aromatic rings. The molecule has 0 radical (unpaired) electrons. The fourth-order valence-electron chi connectivity index (χ4n) is 4.73. The zero-order valence-corrected chi connectivity index (χ0v) is 20.7. The van der Waals surface area contributed by atoms with Gasteiger partial charge in [-0.1, -0.05) is 42.5 Å². The summed E-state index contributed by atoms with van der Waals surface area (Å²) < 4.78 is 0. The Morgan fingerprint density at radius 2 is 1.37 bits per heavy atom. The first-order chi connectivity index (χ1) is 18.6. The van der Waals surface area contributed by atoms with Gasteiger partial charge >= 0.3 is 0 Å². The summed E-state index contributed by atoms with van der Waals surface area (Å²) in [5.41, 5.74) is 2.66. The Balaban J connectivity index is 1.54. The average molecular weight is 500 g/mol. The molecule has 7 heteroatoms. The molecule has 1 aliphatic heterocycles. The van der Waals surface area contributed by atoms with E-state index >= 15 is 0 Å². The van der Waals surface area contributed by atoms with Gasteiger partial charge in [-0.05, 0) is 53.1 Å². The molecule has 0 bridgehead atoms. The number of carbonyl (C=O) groups is 2. The third-order valence-corrected chi connectivity index (χ3v) is 6.63. The molecular formula is C31H25N5O2. The summed E-state index contributed by atoms with van der Waals surface area (Å²) in [4.78, 5) is 42.5. The lowest BCUT2D eigenvalue weighted by Gasteiger charge is -2.27. The summed E-state index contributed by atoms with van der Waals surface area (Å²) >= 11 is 0. The molecule has 1 aliphatic rings. The number of amidine groups is 1. The van der Waals surface area contributed by atoms with Crippen molar-refractivity contribution >= 4 is 17.5 Å². The van der Waals surface area contributed by atoms with Gasteiger partial charge in [0.25, 0.3) is 5.91 Å².